The first-order valence-corrected chi connectivity index (χ1v) is 10.5. The summed E-state index contributed by atoms with van der Waals surface area (Å²) in [6.45, 7) is 3.40. The fourth-order valence-electron chi connectivity index (χ4n) is 3.46. The normalized spacial score (nSPS) is 11.8. The molecule has 1 heterocycles. The molecule has 1 aromatic heterocycles. The minimum atomic E-state index is -0.166. The van der Waals surface area contributed by atoms with E-state index in [4.69, 9.17) is 4.74 Å². The van der Waals surface area contributed by atoms with E-state index in [2.05, 4.69) is 15.3 Å². The van der Waals surface area contributed by atoms with E-state index in [1.54, 1.807) is 12.1 Å². The Hall–Kier alpha value is -3.97. The molecule has 0 spiro atoms. The number of aromatic nitrogens is 2. The monoisotopic (exact) mass is 429 g/mol. The highest BCUT2D eigenvalue weighted by atomic mass is 16.5. The molecule has 3 aromatic carbocycles. The molecule has 0 aliphatic heterocycles. The van der Waals surface area contributed by atoms with Crippen molar-refractivity contribution in [1.82, 2.24) is 9.97 Å². The van der Waals surface area contributed by atoms with Crippen LogP contribution in [0.25, 0.3) is 10.9 Å². The van der Waals surface area contributed by atoms with Gasteiger partial charge in [0.15, 0.2) is 12.4 Å². The second kappa shape index (κ2) is 9.89. The number of H-pyrrole nitrogens is 1. The average Bonchev–Trinajstić information content (AvgIpc) is 2.79. The van der Waals surface area contributed by atoms with Crippen LogP contribution < -0.4 is 20.5 Å². The quantitative estimate of drug-likeness (QED) is 0.402. The molecule has 32 heavy (non-hydrogen) atoms. The largest absolute Gasteiger partial charge is 0.457 e. The highest BCUT2D eigenvalue weighted by molar-refractivity contribution is 5.91. The molecule has 4 rings (SSSR count). The Kier molecular flexibility index (Phi) is 6.57. The van der Waals surface area contributed by atoms with Gasteiger partial charge in [-0.1, -0.05) is 36.4 Å². The van der Waals surface area contributed by atoms with E-state index in [9.17, 15) is 9.59 Å². The van der Waals surface area contributed by atoms with Crippen molar-refractivity contribution in [2.75, 3.05) is 18.4 Å². The van der Waals surface area contributed by atoms with Gasteiger partial charge in [-0.05, 0) is 43.3 Å². The number of para-hydroxylation sites is 2. The second-order valence-corrected chi connectivity index (χ2v) is 7.48. The lowest BCUT2D eigenvalue weighted by atomic mass is 10.2. The minimum absolute atomic E-state index is 0.123. The zero-order valence-electron chi connectivity index (χ0n) is 17.8. The number of aromatic amines is 1. The molecule has 0 saturated carbocycles. The number of nitrogens with one attached hydrogen (secondary N) is 3. The number of nitrogens with zero attached hydrogens (tertiary/aromatic N) is 1. The molecular weight excluding hydrogens is 404 g/mol. The lowest BCUT2D eigenvalue weighted by molar-refractivity contribution is -0.904. The van der Waals surface area contributed by atoms with Gasteiger partial charge in [0.1, 0.15) is 18.0 Å². The molecule has 0 aliphatic rings. The van der Waals surface area contributed by atoms with E-state index in [0.717, 1.165) is 10.6 Å². The summed E-state index contributed by atoms with van der Waals surface area (Å²) in [6, 6.07) is 24.0. The number of fused-ring (bicyclic) bond motifs is 1. The van der Waals surface area contributed by atoms with E-state index in [1.807, 2.05) is 73.7 Å². The molecule has 7 heteroatoms. The summed E-state index contributed by atoms with van der Waals surface area (Å²) in [5, 5.41) is 3.49. The van der Waals surface area contributed by atoms with Crippen molar-refractivity contribution in [2.45, 2.75) is 13.5 Å². The molecule has 1 atom stereocenters. The molecule has 1 amide bonds. The van der Waals surface area contributed by atoms with E-state index < -0.39 is 0 Å². The highest BCUT2D eigenvalue weighted by Gasteiger charge is 2.16. The van der Waals surface area contributed by atoms with Crippen LogP contribution in [0.3, 0.4) is 0 Å². The van der Waals surface area contributed by atoms with Gasteiger partial charge in [0.2, 0.25) is 0 Å². The number of likely N-dealkylation sites (N-methyl/N-ethyl adjacent to an activating group) is 1. The van der Waals surface area contributed by atoms with E-state index in [1.165, 1.54) is 0 Å². The number of amides is 1. The van der Waals surface area contributed by atoms with E-state index in [0.29, 0.717) is 41.3 Å². The third-order valence-electron chi connectivity index (χ3n) is 5.09. The van der Waals surface area contributed by atoms with Crippen LogP contribution in [-0.2, 0) is 11.3 Å². The average molecular weight is 430 g/mol. The van der Waals surface area contributed by atoms with Crippen molar-refractivity contribution in [2.24, 2.45) is 0 Å². The Balaban J connectivity index is 1.39. The zero-order chi connectivity index (χ0) is 22.3. The molecule has 7 nitrogen and oxygen atoms in total. The number of carbonyl (C=O) groups is 1. The van der Waals surface area contributed by atoms with Gasteiger partial charge in [0, 0.05) is 11.8 Å². The lowest BCUT2D eigenvalue weighted by Crippen LogP contribution is -3.11. The van der Waals surface area contributed by atoms with Crippen molar-refractivity contribution >= 4 is 22.5 Å². The van der Waals surface area contributed by atoms with Gasteiger partial charge >= 0.3 is 0 Å². The summed E-state index contributed by atoms with van der Waals surface area (Å²) >= 11 is 0. The fraction of sp³-hybridized carbons (Fsp3) is 0.160. The van der Waals surface area contributed by atoms with Gasteiger partial charge in [-0.15, -0.1) is 0 Å². The van der Waals surface area contributed by atoms with Gasteiger partial charge in [-0.3, -0.25) is 9.59 Å². The van der Waals surface area contributed by atoms with Gasteiger partial charge in [-0.2, -0.15) is 0 Å². The van der Waals surface area contributed by atoms with Crippen molar-refractivity contribution in [3.05, 3.63) is 95.0 Å². The summed E-state index contributed by atoms with van der Waals surface area (Å²) < 4.78 is 5.83. The van der Waals surface area contributed by atoms with Gasteiger partial charge in [-0.25, -0.2) is 4.98 Å². The lowest BCUT2D eigenvalue weighted by Gasteiger charge is -2.17. The Morgan fingerprint density at radius 1 is 1.00 bits per heavy atom. The molecule has 3 N–H and O–H groups in total. The van der Waals surface area contributed by atoms with E-state index >= 15 is 0 Å². The molecule has 0 bridgehead atoms. The van der Waals surface area contributed by atoms with Gasteiger partial charge in [0.25, 0.3) is 11.5 Å². The first kappa shape index (κ1) is 21.3. The standard InChI is InChI=1S/C25H24N4O3/c1-2-29(16-23-27-22-14-7-6-13-21(22)25(31)28-23)17-24(30)26-18-9-8-12-20(15-18)32-19-10-4-3-5-11-19/h3-15H,2,16-17H2,1H3,(H,26,30)(H,27,28,31)/p+1. The maximum absolute atomic E-state index is 12.7. The molecular formula is C25H25N4O3+. The van der Waals surface area contributed by atoms with Crippen LogP contribution in [0, 0.1) is 0 Å². The Bertz CT molecular complexity index is 1270. The number of hydrogen-bond acceptors (Lipinski definition) is 4. The Labute approximate surface area is 185 Å². The van der Waals surface area contributed by atoms with Crippen molar-refractivity contribution in [3.63, 3.8) is 0 Å². The van der Waals surface area contributed by atoms with Crippen molar-refractivity contribution in [1.29, 1.82) is 0 Å². The smallest absolute Gasteiger partial charge is 0.279 e. The predicted molar refractivity (Wildman–Crippen MR) is 124 cm³/mol. The number of carbonyl (C=O) groups excluding carboxylic acids is 1. The summed E-state index contributed by atoms with van der Waals surface area (Å²) in [5.41, 5.74) is 1.15. The SMILES string of the molecule is CC[NH+](CC(=O)Nc1cccc(Oc2ccccc2)c1)Cc1nc2ccccc2c(=O)[nH]1. The molecule has 162 valence electrons. The minimum Gasteiger partial charge on any atom is -0.457 e. The summed E-state index contributed by atoms with van der Waals surface area (Å²) in [7, 11) is 0. The fourth-order valence-corrected chi connectivity index (χ4v) is 3.46. The molecule has 4 aromatic rings. The van der Waals surface area contributed by atoms with Gasteiger partial charge in [0.05, 0.1) is 17.4 Å². The Morgan fingerprint density at radius 3 is 2.56 bits per heavy atom. The molecule has 0 fully saturated rings. The van der Waals surface area contributed by atoms with Crippen LogP contribution in [0.5, 0.6) is 11.5 Å². The molecule has 0 saturated heterocycles. The molecule has 0 aliphatic carbocycles. The maximum Gasteiger partial charge on any atom is 0.279 e. The van der Waals surface area contributed by atoms with Crippen LogP contribution in [0.2, 0.25) is 0 Å². The third kappa shape index (κ3) is 5.39. The molecule has 1 unspecified atom stereocenters. The zero-order valence-corrected chi connectivity index (χ0v) is 17.8. The topological polar surface area (TPSA) is 88.5 Å². The number of hydrogen-bond donors (Lipinski definition) is 3. The third-order valence-corrected chi connectivity index (χ3v) is 5.09. The predicted octanol–water partition coefficient (Wildman–Crippen LogP) is 2.76. The number of rotatable bonds is 8. The second-order valence-electron chi connectivity index (χ2n) is 7.48. The summed E-state index contributed by atoms with van der Waals surface area (Å²) in [6.07, 6.45) is 0. The number of benzene rings is 3. The van der Waals surface area contributed by atoms with Crippen LogP contribution in [0.15, 0.2) is 83.7 Å². The van der Waals surface area contributed by atoms with Crippen LogP contribution in [-0.4, -0.2) is 29.0 Å². The summed E-state index contributed by atoms with van der Waals surface area (Å²) in [5.74, 6) is 1.82. The van der Waals surface area contributed by atoms with Crippen molar-refractivity contribution < 1.29 is 14.4 Å². The van der Waals surface area contributed by atoms with Crippen molar-refractivity contribution in [3.8, 4) is 11.5 Å². The first-order chi connectivity index (χ1) is 15.6. The van der Waals surface area contributed by atoms with Gasteiger partial charge < -0.3 is 19.9 Å². The highest BCUT2D eigenvalue weighted by Crippen LogP contribution is 2.23. The summed E-state index contributed by atoms with van der Waals surface area (Å²) in [4.78, 5) is 33.3. The van der Waals surface area contributed by atoms with Crippen LogP contribution in [0.4, 0.5) is 5.69 Å². The van der Waals surface area contributed by atoms with Crippen LogP contribution >= 0.6 is 0 Å². The first-order valence-electron chi connectivity index (χ1n) is 10.5. The van der Waals surface area contributed by atoms with Crippen LogP contribution in [0.1, 0.15) is 12.7 Å². The maximum atomic E-state index is 12.7. The number of anilines is 1. The molecule has 0 radical (unpaired) electrons. The number of quaternary nitrogens is 1. The van der Waals surface area contributed by atoms with E-state index in [-0.39, 0.29) is 18.0 Å². The number of ether oxygens (including phenoxy) is 1. The Morgan fingerprint density at radius 2 is 1.75 bits per heavy atom.